The van der Waals surface area contributed by atoms with Gasteiger partial charge in [-0.1, -0.05) is 0 Å². The van der Waals surface area contributed by atoms with E-state index in [0.717, 1.165) is 0 Å². The molecule has 0 radical (unpaired) electrons. The Hall–Kier alpha value is -1.58. The molecule has 1 aromatic rings. The third-order valence-corrected chi connectivity index (χ3v) is 1.62. The van der Waals surface area contributed by atoms with Crippen LogP contribution in [0.5, 0.6) is 0 Å². The molecule has 4 heteroatoms. The molecule has 1 rings (SSSR count). The number of carbonyl (C=O) groups is 1. The SMILES string of the molecule is Cc1cc(F)c(C(N)=O)cc1N. The fourth-order valence-electron chi connectivity index (χ4n) is 0.878. The van der Waals surface area contributed by atoms with Gasteiger partial charge in [0.1, 0.15) is 5.82 Å². The molecular formula is C8H9FN2O. The van der Waals surface area contributed by atoms with Crippen LogP contribution in [-0.2, 0) is 0 Å². The van der Waals surface area contributed by atoms with Crippen molar-refractivity contribution in [1.82, 2.24) is 0 Å². The summed E-state index contributed by atoms with van der Waals surface area (Å²) in [6.07, 6.45) is 0. The average Bonchev–Trinajstić information content (AvgIpc) is 1.96. The zero-order valence-electron chi connectivity index (χ0n) is 6.60. The van der Waals surface area contributed by atoms with E-state index in [1.165, 1.54) is 12.1 Å². The van der Waals surface area contributed by atoms with Crippen molar-refractivity contribution in [2.24, 2.45) is 5.73 Å². The Morgan fingerprint density at radius 3 is 2.58 bits per heavy atom. The summed E-state index contributed by atoms with van der Waals surface area (Å²) in [5, 5.41) is 0. The predicted molar refractivity (Wildman–Crippen MR) is 44.1 cm³/mol. The van der Waals surface area contributed by atoms with Gasteiger partial charge < -0.3 is 11.5 Å². The van der Waals surface area contributed by atoms with Crippen molar-refractivity contribution in [2.45, 2.75) is 6.92 Å². The van der Waals surface area contributed by atoms with Crippen molar-refractivity contribution in [3.63, 3.8) is 0 Å². The van der Waals surface area contributed by atoms with E-state index in [4.69, 9.17) is 11.5 Å². The molecule has 3 nitrogen and oxygen atoms in total. The van der Waals surface area contributed by atoms with E-state index in [1.54, 1.807) is 6.92 Å². The zero-order chi connectivity index (χ0) is 9.30. The lowest BCUT2D eigenvalue weighted by atomic mass is 10.1. The van der Waals surface area contributed by atoms with Crippen LogP contribution in [0.2, 0.25) is 0 Å². The lowest BCUT2D eigenvalue weighted by Crippen LogP contribution is -2.13. The molecule has 4 N–H and O–H groups in total. The Morgan fingerprint density at radius 1 is 1.50 bits per heavy atom. The monoisotopic (exact) mass is 168 g/mol. The van der Waals surface area contributed by atoms with Gasteiger partial charge in [0.05, 0.1) is 5.56 Å². The molecule has 12 heavy (non-hydrogen) atoms. The third-order valence-electron chi connectivity index (χ3n) is 1.62. The summed E-state index contributed by atoms with van der Waals surface area (Å²) in [5.74, 6) is -1.44. The van der Waals surface area contributed by atoms with Gasteiger partial charge >= 0.3 is 0 Å². The standard InChI is InChI=1S/C8H9FN2O/c1-4-2-6(9)5(8(11)12)3-7(4)10/h2-3H,10H2,1H3,(H2,11,12). The minimum absolute atomic E-state index is 0.168. The summed E-state index contributed by atoms with van der Waals surface area (Å²) in [6.45, 7) is 1.66. The molecule has 0 aliphatic heterocycles. The van der Waals surface area contributed by atoms with Crippen LogP contribution in [0.4, 0.5) is 10.1 Å². The number of hydrogen-bond donors (Lipinski definition) is 2. The van der Waals surface area contributed by atoms with Gasteiger partial charge in [0.15, 0.2) is 0 Å². The van der Waals surface area contributed by atoms with Crippen LogP contribution in [0.1, 0.15) is 15.9 Å². The second-order valence-corrected chi connectivity index (χ2v) is 2.55. The van der Waals surface area contributed by atoms with Crippen LogP contribution in [0, 0.1) is 12.7 Å². The normalized spacial score (nSPS) is 9.83. The lowest BCUT2D eigenvalue weighted by Gasteiger charge is -2.02. The smallest absolute Gasteiger partial charge is 0.251 e. The maximum atomic E-state index is 12.9. The molecule has 0 spiro atoms. The van der Waals surface area contributed by atoms with E-state index >= 15 is 0 Å². The fraction of sp³-hybridized carbons (Fsp3) is 0.125. The highest BCUT2D eigenvalue weighted by atomic mass is 19.1. The van der Waals surface area contributed by atoms with Gasteiger partial charge in [-0.15, -0.1) is 0 Å². The minimum Gasteiger partial charge on any atom is -0.398 e. The topological polar surface area (TPSA) is 69.1 Å². The minimum atomic E-state index is -0.806. The summed E-state index contributed by atoms with van der Waals surface area (Å²) in [6, 6.07) is 2.43. The first kappa shape index (κ1) is 8.52. The highest BCUT2D eigenvalue weighted by molar-refractivity contribution is 5.94. The number of amides is 1. The molecule has 1 amide bonds. The molecule has 0 aliphatic carbocycles. The Bertz CT molecular complexity index is 336. The number of hydrogen-bond acceptors (Lipinski definition) is 2. The Balaban J connectivity index is 3.33. The highest BCUT2D eigenvalue weighted by Gasteiger charge is 2.09. The summed E-state index contributed by atoms with van der Waals surface area (Å²) < 4.78 is 12.9. The van der Waals surface area contributed by atoms with E-state index in [1.807, 2.05) is 0 Å². The van der Waals surface area contributed by atoms with Crippen LogP contribution < -0.4 is 11.5 Å². The largest absolute Gasteiger partial charge is 0.398 e. The van der Waals surface area contributed by atoms with Gasteiger partial charge in [-0.05, 0) is 24.6 Å². The molecular weight excluding hydrogens is 159 g/mol. The number of aryl methyl sites for hydroxylation is 1. The molecule has 0 fully saturated rings. The molecule has 0 atom stereocenters. The van der Waals surface area contributed by atoms with Crippen molar-refractivity contribution in [1.29, 1.82) is 0 Å². The van der Waals surface area contributed by atoms with Crippen LogP contribution in [-0.4, -0.2) is 5.91 Å². The number of primary amides is 1. The molecule has 0 aromatic heterocycles. The van der Waals surface area contributed by atoms with E-state index in [2.05, 4.69) is 0 Å². The van der Waals surface area contributed by atoms with Crippen LogP contribution in [0.3, 0.4) is 0 Å². The van der Waals surface area contributed by atoms with Gasteiger partial charge in [-0.2, -0.15) is 0 Å². The van der Waals surface area contributed by atoms with E-state index in [-0.39, 0.29) is 5.56 Å². The molecule has 0 aliphatic rings. The first-order valence-corrected chi connectivity index (χ1v) is 3.38. The molecule has 0 bridgehead atoms. The Morgan fingerprint density at radius 2 is 2.08 bits per heavy atom. The van der Waals surface area contributed by atoms with Crippen molar-refractivity contribution in [2.75, 3.05) is 5.73 Å². The van der Waals surface area contributed by atoms with Crippen molar-refractivity contribution < 1.29 is 9.18 Å². The average molecular weight is 168 g/mol. The van der Waals surface area contributed by atoms with Crippen molar-refractivity contribution in [3.05, 3.63) is 29.1 Å². The van der Waals surface area contributed by atoms with Gasteiger partial charge in [0.25, 0.3) is 5.91 Å². The van der Waals surface area contributed by atoms with Crippen molar-refractivity contribution in [3.8, 4) is 0 Å². The molecule has 0 saturated heterocycles. The first-order valence-electron chi connectivity index (χ1n) is 3.38. The fourth-order valence-corrected chi connectivity index (χ4v) is 0.878. The molecule has 0 saturated carbocycles. The summed E-state index contributed by atoms with van der Waals surface area (Å²) >= 11 is 0. The second-order valence-electron chi connectivity index (χ2n) is 2.55. The van der Waals surface area contributed by atoms with E-state index in [9.17, 15) is 9.18 Å². The molecule has 0 heterocycles. The van der Waals surface area contributed by atoms with E-state index < -0.39 is 11.7 Å². The number of benzene rings is 1. The number of nitrogen functional groups attached to an aromatic ring is 1. The Labute approximate surface area is 69.2 Å². The van der Waals surface area contributed by atoms with Crippen LogP contribution in [0.15, 0.2) is 12.1 Å². The lowest BCUT2D eigenvalue weighted by molar-refractivity contribution is 0.0996. The Kier molecular flexibility index (Phi) is 1.99. The number of rotatable bonds is 1. The van der Waals surface area contributed by atoms with Crippen LogP contribution in [0.25, 0.3) is 0 Å². The van der Waals surface area contributed by atoms with Crippen molar-refractivity contribution >= 4 is 11.6 Å². The molecule has 1 aromatic carbocycles. The number of carbonyl (C=O) groups excluding carboxylic acids is 1. The second kappa shape index (κ2) is 2.81. The summed E-state index contributed by atoms with van der Waals surface area (Å²) in [7, 11) is 0. The maximum Gasteiger partial charge on any atom is 0.251 e. The zero-order valence-corrected chi connectivity index (χ0v) is 6.60. The van der Waals surface area contributed by atoms with Gasteiger partial charge in [-0.25, -0.2) is 4.39 Å². The number of halogens is 1. The predicted octanol–water partition coefficient (Wildman–Crippen LogP) is 0.815. The molecule has 64 valence electrons. The number of anilines is 1. The first-order chi connectivity index (χ1) is 5.52. The van der Waals surface area contributed by atoms with E-state index in [0.29, 0.717) is 11.3 Å². The highest BCUT2D eigenvalue weighted by Crippen LogP contribution is 2.16. The maximum absolute atomic E-state index is 12.9. The molecule has 0 unspecified atom stereocenters. The van der Waals surface area contributed by atoms with Crippen LogP contribution >= 0.6 is 0 Å². The number of nitrogens with two attached hydrogens (primary N) is 2. The summed E-state index contributed by atoms with van der Waals surface area (Å²) in [4.78, 5) is 10.6. The van der Waals surface area contributed by atoms with Gasteiger partial charge in [0, 0.05) is 5.69 Å². The third kappa shape index (κ3) is 1.37. The van der Waals surface area contributed by atoms with Gasteiger partial charge in [0.2, 0.25) is 0 Å². The quantitative estimate of drug-likeness (QED) is 0.609. The van der Waals surface area contributed by atoms with Gasteiger partial charge in [-0.3, -0.25) is 4.79 Å². The summed E-state index contributed by atoms with van der Waals surface area (Å²) in [5.41, 5.74) is 11.1.